The highest BCUT2D eigenvalue weighted by Gasteiger charge is 2.33. The molecule has 0 atom stereocenters. The van der Waals surface area contributed by atoms with E-state index in [1.807, 2.05) is 38.1 Å². The third-order valence-electron chi connectivity index (χ3n) is 2.96. The minimum atomic E-state index is -2.29. The Morgan fingerprint density at radius 2 is 1.50 bits per heavy atom. The lowest BCUT2D eigenvalue weighted by Crippen LogP contribution is -2.51. The zero-order valence-electron chi connectivity index (χ0n) is 12.0. The normalized spacial score (nSPS) is 12.8. The lowest BCUT2D eigenvalue weighted by Gasteiger charge is -2.27. The van der Waals surface area contributed by atoms with Gasteiger partial charge in [0.15, 0.2) is 0 Å². The van der Waals surface area contributed by atoms with Crippen LogP contribution in [0.3, 0.4) is 0 Å². The van der Waals surface area contributed by atoms with E-state index < -0.39 is 14.2 Å². The van der Waals surface area contributed by atoms with Crippen LogP contribution in [0.25, 0.3) is 0 Å². The summed E-state index contributed by atoms with van der Waals surface area (Å²) >= 11 is 0. The van der Waals surface area contributed by atoms with Gasteiger partial charge in [0.05, 0.1) is 5.60 Å². The smallest absolute Gasteiger partial charge is 0.369 e. The van der Waals surface area contributed by atoms with E-state index >= 15 is 0 Å². The van der Waals surface area contributed by atoms with Crippen LogP contribution in [0, 0.1) is 0 Å². The second-order valence-corrected chi connectivity index (χ2v) is 7.99. The molecule has 102 valence electrons. The van der Waals surface area contributed by atoms with Gasteiger partial charge in [-0.2, -0.15) is 0 Å². The van der Waals surface area contributed by atoms with Gasteiger partial charge >= 0.3 is 8.56 Å². The molecule has 0 fully saturated rings. The molecule has 0 aromatic heterocycles. The largest absolute Gasteiger partial charge is 0.391 e. The van der Waals surface area contributed by atoms with Gasteiger partial charge in [-0.3, -0.25) is 0 Å². The third kappa shape index (κ3) is 3.65. The fourth-order valence-corrected chi connectivity index (χ4v) is 4.23. The van der Waals surface area contributed by atoms with Crippen LogP contribution >= 0.6 is 0 Å². The van der Waals surface area contributed by atoms with Gasteiger partial charge in [0, 0.05) is 13.2 Å². The highest BCUT2D eigenvalue weighted by atomic mass is 28.4. The molecule has 0 bridgehead atoms. The van der Waals surface area contributed by atoms with Gasteiger partial charge < -0.3 is 14.0 Å². The van der Waals surface area contributed by atoms with Crippen molar-refractivity contribution in [2.24, 2.45) is 0 Å². The molecule has 0 saturated heterocycles. The molecule has 0 heterocycles. The zero-order chi connectivity index (χ0) is 13.8. The van der Waals surface area contributed by atoms with Gasteiger partial charge in [0.25, 0.3) is 0 Å². The molecule has 0 radical (unpaired) electrons. The van der Waals surface area contributed by atoms with Crippen molar-refractivity contribution in [2.45, 2.75) is 39.8 Å². The standard InChI is InChI=1S/C14H24O3Si/c1-6-16-18(5,17-7-2)13-10-8-12(9-11-13)14(3,4)15/h8-11,15H,6-7H2,1-5H3. The van der Waals surface area contributed by atoms with E-state index in [2.05, 4.69) is 6.55 Å². The monoisotopic (exact) mass is 268 g/mol. The van der Waals surface area contributed by atoms with Crippen molar-refractivity contribution in [1.82, 2.24) is 0 Å². The van der Waals surface area contributed by atoms with E-state index in [1.54, 1.807) is 13.8 Å². The molecule has 1 aromatic rings. The molecule has 1 aromatic carbocycles. The van der Waals surface area contributed by atoms with E-state index in [0.29, 0.717) is 13.2 Å². The lowest BCUT2D eigenvalue weighted by atomic mass is 9.99. The van der Waals surface area contributed by atoms with Gasteiger partial charge in [0.2, 0.25) is 0 Å². The van der Waals surface area contributed by atoms with Crippen molar-refractivity contribution in [3.05, 3.63) is 29.8 Å². The van der Waals surface area contributed by atoms with Crippen molar-refractivity contribution < 1.29 is 14.0 Å². The number of hydrogen-bond acceptors (Lipinski definition) is 3. The summed E-state index contributed by atoms with van der Waals surface area (Å²) in [6.07, 6.45) is 0. The summed E-state index contributed by atoms with van der Waals surface area (Å²) in [5.74, 6) is 0. The number of rotatable bonds is 6. The second kappa shape index (κ2) is 5.97. The first kappa shape index (κ1) is 15.4. The second-order valence-electron chi connectivity index (χ2n) is 4.95. The third-order valence-corrected chi connectivity index (χ3v) is 6.02. The Morgan fingerprint density at radius 1 is 1.06 bits per heavy atom. The predicted molar refractivity (Wildman–Crippen MR) is 76.2 cm³/mol. The highest BCUT2D eigenvalue weighted by molar-refractivity contribution is 6.79. The average Bonchev–Trinajstić information content (AvgIpc) is 2.29. The minimum absolute atomic E-state index is 0.649. The van der Waals surface area contributed by atoms with E-state index in [1.165, 1.54) is 0 Å². The fourth-order valence-electron chi connectivity index (χ4n) is 1.94. The molecule has 0 saturated carbocycles. The molecular formula is C14H24O3Si. The summed E-state index contributed by atoms with van der Waals surface area (Å²) in [6, 6.07) is 7.90. The van der Waals surface area contributed by atoms with Crippen LogP contribution in [0.2, 0.25) is 6.55 Å². The Hall–Kier alpha value is -0.683. The van der Waals surface area contributed by atoms with Crippen LogP contribution < -0.4 is 5.19 Å². The van der Waals surface area contributed by atoms with E-state index in [9.17, 15) is 5.11 Å². The first-order valence-electron chi connectivity index (χ1n) is 6.44. The summed E-state index contributed by atoms with van der Waals surface area (Å²) in [4.78, 5) is 0. The molecule has 0 aliphatic carbocycles. The van der Waals surface area contributed by atoms with Gasteiger partial charge in [-0.05, 0) is 45.0 Å². The van der Waals surface area contributed by atoms with Crippen LogP contribution in [-0.2, 0) is 14.5 Å². The van der Waals surface area contributed by atoms with Gasteiger partial charge in [-0.25, -0.2) is 0 Å². The van der Waals surface area contributed by atoms with Crippen LogP contribution in [0.1, 0.15) is 33.3 Å². The summed E-state index contributed by atoms with van der Waals surface area (Å²) in [7, 11) is -2.29. The van der Waals surface area contributed by atoms with E-state index in [0.717, 1.165) is 10.8 Å². The van der Waals surface area contributed by atoms with Gasteiger partial charge in [-0.1, -0.05) is 24.3 Å². The quantitative estimate of drug-likeness (QED) is 0.804. The molecule has 0 amide bonds. The molecular weight excluding hydrogens is 244 g/mol. The summed E-state index contributed by atoms with van der Waals surface area (Å²) in [5, 5.41) is 11.0. The molecule has 0 aliphatic rings. The molecule has 18 heavy (non-hydrogen) atoms. The van der Waals surface area contributed by atoms with E-state index in [-0.39, 0.29) is 0 Å². The number of benzene rings is 1. The number of aliphatic hydroxyl groups is 1. The molecule has 1 N–H and O–H groups in total. The first-order valence-corrected chi connectivity index (χ1v) is 8.76. The van der Waals surface area contributed by atoms with Gasteiger partial charge in [0.1, 0.15) is 0 Å². The summed E-state index contributed by atoms with van der Waals surface area (Å²) < 4.78 is 11.7. The first-order chi connectivity index (χ1) is 8.33. The summed E-state index contributed by atoms with van der Waals surface area (Å²) in [6.45, 7) is 10.9. The molecule has 0 aliphatic heterocycles. The fraction of sp³-hybridized carbons (Fsp3) is 0.571. The van der Waals surface area contributed by atoms with Crippen LogP contribution in [0.15, 0.2) is 24.3 Å². The Bertz CT molecular complexity index is 362. The van der Waals surface area contributed by atoms with Crippen LogP contribution in [-0.4, -0.2) is 26.9 Å². The number of hydrogen-bond donors (Lipinski definition) is 1. The van der Waals surface area contributed by atoms with Crippen molar-refractivity contribution in [1.29, 1.82) is 0 Å². The average molecular weight is 268 g/mol. The topological polar surface area (TPSA) is 38.7 Å². The maximum Gasteiger partial charge on any atom is 0.369 e. The SMILES string of the molecule is CCO[Si](C)(OCC)c1ccc(C(C)(C)O)cc1. The maximum atomic E-state index is 9.94. The molecule has 4 heteroatoms. The minimum Gasteiger partial charge on any atom is -0.391 e. The van der Waals surface area contributed by atoms with Gasteiger partial charge in [-0.15, -0.1) is 0 Å². The highest BCUT2D eigenvalue weighted by Crippen LogP contribution is 2.19. The summed E-state index contributed by atoms with van der Waals surface area (Å²) in [5.41, 5.74) is 0.0869. The van der Waals surface area contributed by atoms with E-state index in [4.69, 9.17) is 8.85 Å². The Balaban J connectivity index is 3.01. The molecule has 0 unspecified atom stereocenters. The predicted octanol–water partition coefficient (Wildman–Crippen LogP) is 2.27. The van der Waals surface area contributed by atoms with Crippen molar-refractivity contribution in [2.75, 3.05) is 13.2 Å². The molecule has 3 nitrogen and oxygen atoms in total. The van der Waals surface area contributed by atoms with Crippen molar-refractivity contribution in [3.8, 4) is 0 Å². The Morgan fingerprint density at radius 3 is 1.83 bits per heavy atom. The van der Waals surface area contributed by atoms with Crippen LogP contribution in [0.4, 0.5) is 0 Å². The Labute approximate surface area is 111 Å². The lowest BCUT2D eigenvalue weighted by molar-refractivity contribution is 0.0786. The van der Waals surface area contributed by atoms with Crippen molar-refractivity contribution in [3.63, 3.8) is 0 Å². The maximum absolute atomic E-state index is 9.94. The Kier molecular flexibility index (Phi) is 5.10. The molecule has 0 spiro atoms. The van der Waals surface area contributed by atoms with Crippen LogP contribution in [0.5, 0.6) is 0 Å². The zero-order valence-corrected chi connectivity index (χ0v) is 13.0. The van der Waals surface area contributed by atoms with Crippen molar-refractivity contribution >= 4 is 13.7 Å². The molecule has 1 rings (SSSR count).